The second-order valence-electron chi connectivity index (χ2n) is 7.21. The van der Waals surface area contributed by atoms with Gasteiger partial charge in [-0.1, -0.05) is 0 Å². The molecule has 1 aromatic rings. The lowest BCUT2D eigenvalue weighted by Gasteiger charge is -2.31. The number of nitro benzene ring substituents is 1. The van der Waals surface area contributed by atoms with Gasteiger partial charge in [-0.15, -0.1) is 0 Å². The first-order chi connectivity index (χ1) is 11.1. The first-order valence-corrected chi connectivity index (χ1v) is 7.84. The molecule has 0 N–H and O–H groups in total. The molecule has 1 fully saturated rings. The molecule has 0 amide bonds. The predicted octanol–water partition coefficient (Wildman–Crippen LogP) is 2.52. The summed E-state index contributed by atoms with van der Waals surface area (Å²) in [6, 6.07) is 4.50. The van der Waals surface area contributed by atoms with Gasteiger partial charge in [-0.05, 0) is 52.9 Å². The number of likely N-dealkylation sites (tertiary alicyclic amines) is 1. The lowest BCUT2D eigenvalue weighted by atomic mass is 9.78. The average Bonchev–Trinajstić information content (AvgIpc) is 2.88. The van der Waals surface area contributed by atoms with Gasteiger partial charge >= 0.3 is 5.97 Å². The molecule has 0 aliphatic carbocycles. The Morgan fingerprint density at radius 3 is 2.50 bits per heavy atom. The Bertz CT molecular complexity index is 653. The molecule has 1 aromatic carbocycles. The van der Waals surface area contributed by atoms with E-state index in [0.29, 0.717) is 30.8 Å². The molecule has 0 spiro atoms. The first kappa shape index (κ1) is 18.2. The summed E-state index contributed by atoms with van der Waals surface area (Å²) in [6.07, 6.45) is 0.465. The van der Waals surface area contributed by atoms with Gasteiger partial charge in [0.15, 0.2) is 0 Å². The maximum absolute atomic E-state index is 13.0. The van der Waals surface area contributed by atoms with Crippen LogP contribution in [-0.4, -0.2) is 48.6 Å². The van der Waals surface area contributed by atoms with Crippen LogP contribution in [0.4, 0.5) is 5.69 Å². The van der Waals surface area contributed by atoms with Crippen molar-refractivity contribution in [3.63, 3.8) is 0 Å². The van der Waals surface area contributed by atoms with E-state index in [1.807, 2.05) is 11.9 Å². The summed E-state index contributed by atoms with van der Waals surface area (Å²) in [4.78, 5) is 26.0. The zero-order valence-corrected chi connectivity index (χ0v) is 14.8. The number of likely N-dealkylation sites (N-methyl/N-ethyl adjacent to an activating group) is 1. The molecular formula is C17H24N2O5. The van der Waals surface area contributed by atoms with Gasteiger partial charge < -0.3 is 14.4 Å². The molecule has 0 bridgehead atoms. The summed E-state index contributed by atoms with van der Waals surface area (Å²) < 4.78 is 10.8. The van der Waals surface area contributed by atoms with Gasteiger partial charge in [0.1, 0.15) is 16.8 Å². The number of hydrogen-bond acceptors (Lipinski definition) is 6. The Balaban J connectivity index is 2.60. The zero-order valence-electron chi connectivity index (χ0n) is 14.8. The number of methoxy groups -OCH3 is 1. The summed E-state index contributed by atoms with van der Waals surface area (Å²) in [6.45, 7) is 6.40. The van der Waals surface area contributed by atoms with E-state index in [-0.39, 0.29) is 5.69 Å². The highest BCUT2D eigenvalue weighted by atomic mass is 16.6. The van der Waals surface area contributed by atoms with E-state index in [1.165, 1.54) is 19.2 Å². The van der Waals surface area contributed by atoms with Crippen LogP contribution in [0.15, 0.2) is 18.2 Å². The van der Waals surface area contributed by atoms with Crippen molar-refractivity contribution in [1.82, 2.24) is 4.90 Å². The fourth-order valence-electron chi connectivity index (χ4n) is 3.06. The predicted molar refractivity (Wildman–Crippen MR) is 89.3 cm³/mol. The normalized spacial score (nSPS) is 21.5. The van der Waals surface area contributed by atoms with Crippen LogP contribution in [0.3, 0.4) is 0 Å². The van der Waals surface area contributed by atoms with Crippen molar-refractivity contribution >= 4 is 11.7 Å². The van der Waals surface area contributed by atoms with Crippen LogP contribution < -0.4 is 4.74 Å². The van der Waals surface area contributed by atoms with Crippen molar-refractivity contribution in [2.24, 2.45) is 0 Å². The minimum absolute atomic E-state index is 0.0861. The van der Waals surface area contributed by atoms with E-state index in [4.69, 9.17) is 9.47 Å². The quantitative estimate of drug-likeness (QED) is 0.477. The molecule has 7 heteroatoms. The van der Waals surface area contributed by atoms with Crippen LogP contribution in [0.2, 0.25) is 0 Å². The molecule has 0 unspecified atom stereocenters. The summed E-state index contributed by atoms with van der Waals surface area (Å²) in [5.74, 6) is 0.0452. The largest absolute Gasteiger partial charge is 0.497 e. The molecule has 24 heavy (non-hydrogen) atoms. The van der Waals surface area contributed by atoms with E-state index in [9.17, 15) is 14.9 Å². The van der Waals surface area contributed by atoms with Crippen LogP contribution in [-0.2, 0) is 14.9 Å². The molecule has 1 heterocycles. The van der Waals surface area contributed by atoms with Gasteiger partial charge in [0.25, 0.3) is 5.69 Å². The van der Waals surface area contributed by atoms with Gasteiger partial charge in [-0.2, -0.15) is 0 Å². The van der Waals surface area contributed by atoms with E-state index in [1.54, 1.807) is 26.8 Å². The number of benzene rings is 1. The smallest absolute Gasteiger partial charge is 0.318 e. The Labute approximate surface area is 141 Å². The lowest BCUT2D eigenvalue weighted by Crippen LogP contribution is -2.43. The first-order valence-electron chi connectivity index (χ1n) is 7.84. The SMILES string of the molecule is COc1ccc([N+](=O)[O-])c([C@]2(C(=O)OC(C)(C)C)CCN(C)C2)c1. The van der Waals surface area contributed by atoms with Gasteiger partial charge in [-0.3, -0.25) is 14.9 Å². The zero-order chi connectivity index (χ0) is 18.1. The fraction of sp³-hybridized carbons (Fsp3) is 0.588. The number of ether oxygens (including phenoxy) is 2. The fourth-order valence-corrected chi connectivity index (χ4v) is 3.06. The molecule has 1 atom stereocenters. The number of hydrogen-bond donors (Lipinski definition) is 0. The van der Waals surface area contributed by atoms with Gasteiger partial charge in [0.05, 0.1) is 17.6 Å². The van der Waals surface area contributed by atoms with E-state index >= 15 is 0 Å². The molecule has 0 radical (unpaired) electrons. The van der Waals surface area contributed by atoms with Gasteiger partial charge in [-0.25, -0.2) is 0 Å². The Morgan fingerprint density at radius 2 is 2.04 bits per heavy atom. The van der Waals surface area contributed by atoms with Crippen molar-refractivity contribution in [1.29, 1.82) is 0 Å². The summed E-state index contributed by atoms with van der Waals surface area (Å²) in [7, 11) is 3.38. The molecule has 2 rings (SSSR count). The summed E-state index contributed by atoms with van der Waals surface area (Å²) in [5, 5.41) is 11.5. The lowest BCUT2D eigenvalue weighted by molar-refractivity contribution is -0.386. The number of carbonyl (C=O) groups is 1. The van der Waals surface area contributed by atoms with Crippen molar-refractivity contribution in [3.8, 4) is 5.75 Å². The molecule has 0 saturated carbocycles. The third-order valence-electron chi connectivity index (χ3n) is 4.17. The highest BCUT2D eigenvalue weighted by Crippen LogP contribution is 2.42. The highest BCUT2D eigenvalue weighted by molar-refractivity contribution is 5.86. The van der Waals surface area contributed by atoms with Gasteiger partial charge in [0.2, 0.25) is 0 Å². The summed E-state index contributed by atoms with van der Waals surface area (Å²) in [5.41, 5.74) is -1.47. The minimum atomic E-state index is -1.07. The Hall–Kier alpha value is -2.15. The maximum Gasteiger partial charge on any atom is 0.318 e. The monoisotopic (exact) mass is 336 g/mol. The number of esters is 1. The van der Waals surface area contributed by atoms with E-state index in [2.05, 4.69) is 0 Å². The molecule has 7 nitrogen and oxygen atoms in total. The van der Waals surface area contributed by atoms with E-state index in [0.717, 1.165) is 0 Å². The second kappa shape index (κ2) is 6.39. The van der Waals surface area contributed by atoms with Crippen LogP contribution in [0.25, 0.3) is 0 Å². The van der Waals surface area contributed by atoms with E-state index < -0.39 is 21.9 Å². The Morgan fingerprint density at radius 1 is 1.38 bits per heavy atom. The number of carbonyl (C=O) groups excluding carboxylic acids is 1. The topological polar surface area (TPSA) is 81.9 Å². The van der Waals surface area contributed by atoms with Crippen LogP contribution in [0.1, 0.15) is 32.8 Å². The average molecular weight is 336 g/mol. The number of nitrogens with zero attached hydrogens (tertiary/aromatic N) is 2. The molecule has 1 saturated heterocycles. The van der Waals surface area contributed by atoms with Crippen LogP contribution in [0, 0.1) is 10.1 Å². The summed E-state index contributed by atoms with van der Waals surface area (Å²) >= 11 is 0. The van der Waals surface area contributed by atoms with Crippen LogP contribution in [0.5, 0.6) is 5.75 Å². The minimum Gasteiger partial charge on any atom is -0.497 e. The maximum atomic E-state index is 13.0. The second-order valence-corrected chi connectivity index (χ2v) is 7.21. The molecular weight excluding hydrogens is 312 g/mol. The molecule has 0 aromatic heterocycles. The van der Waals surface area contributed by atoms with Crippen molar-refractivity contribution < 1.29 is 19.2 Å². The standard InChI is InChI=1S/C17H24N2O5/c1-16(2,3)24-15(20)17(8-9-18(4)11-17)13-10-12(23-5)6-7-14(13)19(21)22/h6-7,10H,8-9,11H2,1-5H3/t17-/m0/s1. The van der Waals surface area contributed by atoms with Crippen molar-refractivity contribution in [2.45, 2.75) is 38.2 Å². The highest BCUT2D eigenvalue weighted by Gasteiger charge is 2.51. The molecule has 132 valence electrons. The van der Waals surface area contributed by atoms with Crippen molar-refractivity contribution in [3.05, 3.63) is 33.9 Å². The van der Waals surface area contributed by atoms with Crippen molar-refractivity contribution in [2.75, 3.05) is 27.2 Å². The third-order valence-corrected chi connectivity index (χ3v) is 4.17. The van der Waals surface area contributed by atoms with Gasteiger partial charge in [0, 0.05) is 12.6 Å². The molecule has 1 aliphatic rings. The molecule has 1 aliphatic heterocycles. The van der Waals surface area contributed by atoms with Crippen LogP contribution >= 0.6 is 0 Å². The number of nitro groups is 1. The third kappa shape index (κ3) is 3.51. The Kier molecular flexibility index (Phi) is 4.85. The number of rotatable bonds is 4.